The molecular weight excluding hydrogens is 294 g/mol. The van der Waals surface area contributed by atoms with Crippen molar-refractivity contribution in [2.45, 2.75) is 33.6 Å². The second-order valence-electron chi connectivity index (χ2n) is 6.53. The number of carbonyl (C=O) groups is 1. The SMILES string of the molecule is CC(=O)/C(=C\N(CCCC(C)C)c1ccccc1)c1ccccc1. The Labute approximate surface area is 145 Å². The molecule has 0 radical (unpaired) electrons. The summed E-state index contributed by atoms with van der Waals surface area (Å²) in [7, 11) is 0. The van der Waals surface area contributed by atoms with Crippen LogP contribution in [0.5, 0.6) is 0 Å². The summed E-state index contributed by atoms with van der Waals surface area (Å²) in [4.78, 5) is 14.4. The number of carbonyl (C=O) groups excluding carboxylic acids is 1. The Balaban J connectivity index is 2.32. The average Bonchev–Trinajstić information content (AvgIpc) is 2.59. The Morgan fingerprint density at radius 2 is 1.58 bits per heavy atom. The zero-order valence-corrected chi connectivity index (χ0v) is 14.9. The molecule has 0 unspecified atom stereocenters. The maximum Gasteiger partial charge on any atom is 0.161 e. The number of allylic oxidation sites excluding steroid dienone is 1. The van der Waals surface area contributed by atoms with E-state index >= 15 is 0 Å². The van der Waals surface area contributed by atoms with E-state index in [9.17, 15) is 4.79 Å². The molecule has 0 spiro atoms. The van der Waals surface area contributed by atoms with Crippen molar-refractivity contribution < 1.29 is 4.79 Å². The number of benzene rings is 2. The summed E-state index contributed by atoms with van der Waals surface area (Å²) < 4.78 is 0. The molecule has 0 amide bonds. The van der Waals surface area contributed by atoms with Gasteiger partial charge in [0.25, 0.3) is 0 Å². The fourth-order valence-electron chi connectivity index (χ4n) is 2.70. The van der Waals surface area contributed by atoms with Crippen LogP contribution >= 0.6 is 0 Å². The molecule has 0 aliphatic carbocycles. The van der Waals surface area contributed by atoms with Gasteiger partial charge in [-0.1, -0.05) is 62.4 Å². The lowest BCUT2D eigenvalue weighted by atomic mass is 10.0. The Hall–Kier alpha value is -2.35. The molecule has 2 rings (SSSR count). The van der Waals surface area contributed by atoms with Gasteiger partial charge in [-0.25, -0.2) is 0 Å². The smallest absolute Gasteiger partial charge is 0.161 e. The third kappa shape index (κ3) is 5.38. The van der Waals surface area contributed by atoms with Crippen molar-refractivity contribution in [2.24, 2.45) is 5.92 Å². The number of hydrogen-bond acceptors (Lipinski definition) is 2. The number of ketones is 1. The van der Waals surface area contributed by atoms with E-state index in [0.29, 0.717) is 5.92 Å². The van der Waals surface area contributed by atoms with Gasteiger partial charge in [-0.15, -0.1) is 0 Å². The molecule has 0 aliphatic rings. The van der Waals surface area contributed by atoms with Crippen LogP contribution in [-0.2, 0) is 4.79 Å². The van der Waals surface area contributed by atoms with Gasteiger partial charge in [0.2, 0.25) is 0 Å². The molecule has 0 saturated heterocycles. The molecule has 2 aromatic carbocycles. The molecule has 0 aliphatic heterocycles. The first kappa shape index (κ1) is 18.0. The highest BCUT2D eigenvalue weighted by atomic mass is 16.1. The van der Waals surface area contributed by atoms with E-state index in [0.717, 1.165) is 29.8 Å². The molecule has 2 aromatic rings. The molecule has 0 N–H and O–H groups in total. The Morgan fingerprint density at radius 3 is 2.12 bits per heavy atom. The minimum absolute atomic E-state index is 0.0889. The molecule has 126 valence electrons. The van der Waals surface area contributed by atoms with E-state index in [4.69, 9.17) is 0 Å². The fourth-order valence-corrected chi connectivity index (χ4v) is 2.70. The summed E-state index contributed by atoms with van der Waals surface area (Å²) in [5.41, 5.74) is 2.84. The minimum Gasteiger partial charge on any atom is -0.347 e. The van der Waals surface area contributed by atoms with Gasteiger partial charge < -0.3 is 4.90 Å². The summed E-state index contributed by atoms with van der Waals surface area (Å²) in [6.45, 7) is 7.03. The van der Waals surface area contributed by atoms with Crippen LogP contribution in [0, 0.1) is 5.92 Å². The standard InChI is InChI=1S/C22H27NO/c1-18(2)11-10-16-23(21-14-8-5-9-15-21)17-22(19(3)24)20-12-6-4-7-13-20/h4-9,12-15,17-18H,10-11,16H2,1-3H3/b22-17+. The summed E-state index contributed by atoms with van der Waals surface area (Å²) in [6, 6.07) is 20.2. The van der Waals surface area contributed by atoms with Gasteiger partial charge in [-0.3, -0.25) is 4.79 Å². The third-order valence-corrected chi connectivity index (χ3v) is 4.02. The van der Waals surface area contributed by atoms with Gasteiger partial charge in [0.1, 0.15) is 0 Å². The molecule has 0 atom stereocenters. The molecule has 2 nitrogen and oxygen atoms in total. The van der Waals surface area contributed by atoms with Crippen molar-refractivity contribution in [2.75, 3.05) is 11.4 Å². The largest absolute Gasteiger partial charge is 0.347 e. The monoisotopic (exact) mass is 321 g/mol. The van der Waals surface area contributed by atoms with E-state index < -0.39 is 0 Å². The molecule has 0 heterocycles. The van der Waals surface area contributed by atoms with E-state index in [1.54, 1.807) is 6.92 Å². The number of nitrogens with zero attached hydrogens (tertiary/aromatic N) is 1. The van der Waals surface area contributed by atoms with Crippen molar-refractivity contribution in [1.29, 1.82) is 0 Å². The zero-order chi connectivity index (χ0) is 17.4. The molecule has 24 heavy (non-hydrogen) atoms. The highest BCUT2D eigenvalue weighted by Crippen LogP contribution is 2.21. The van der Waals surface area contributed by atoms with E-state index in [-0.39, 0.29) is 5.78 Å². The number of para-hydroxylation sites is 1. The Morgan fingerprint density at radius 1 is 1.00 bits per heavy atom. The first-order chi connectivity index (χ1) is 11.6. The molecule has 0 aromatic heterocycles. The normalized spacial score (nSPS) is 11.6. The van der Waals surface area contributed by atoms with Crippen LogP contribution in [0.15, 0.2) is 66.9 Å². The maximum atomic E-state index is 12.2. The summed E-state index contributed by atoms with van der Waals surface area (Å²) in [5.74, 6) is 0.777. The lowest BCUT2D eigenvalue weighted by Crippen LogP contribution is -2.19. The molecule has 0 fully saturated rings. The first-order valence-corrected chi connectivity index (χ1v) is 8.68. The van der Waals surface area contributed by atoms with Crippen LogP contribution in [-0.4, -0.2) is 12.3 Å². The lowest BCUT2D eigenvalue weighted by Gasteiger charge is -2.22. The van der Waals surface area contributed by atoms with Crippen molar-refractivity contribution in [1.82, 2.24) is 0 Å². The molecular formula is C22H27NO. The molecule has 0 bridgehead atoms. The average molecular weight is 321 g/mol. The number of rotatable bonds is 8. The molecule has 2 heteroatoms. The Bertz CT molecular complexity index is 659. The van der Waals surface area contributed by atoms with E-state index in [1.165, 1.54) is 6.42 Å². The lowest BCUT2D eigenvalue weighted by molar-refractivity contribution is -0.111. The topological polar surface area (TPSA) is 20.3 Å². The van der Waals surface area contributed by atoms with Crippen molar-refractivity contribution in [3.8, 4) is 0 Å². The predicted molar refractivity (Wildman–Crippen MR) is 103 cm³/mol. The van der Waals surface area contributed by atoms with Gasteiger partial charge in [-0.05, 0) is 43.4 Å². The van der Waals surface area contributed by atoms with Crippen molar-refractivity contribution >= 4 is 17.0 Å². The predicted octanol–water partition coefficient (Wildman–Crippen LogP) is 5.56. The highest BCUT2D eigenvalue weighted by Gasteiger charge is 2.11. The fraction of sp³-hybridized carbons (Fsp3) is 0.318. The molecule has 0 saturated carbocycles. The van der Waals surface area contributed by atoms with Crippen LogP contribution in [0.2, 0.25) is 0 Å². The van der Waals surface area contributed by atoms with Gasteiger partial charge in [0.05, 0.1) is 0 Å². The van der Waals surface area contributed by atoms with Crippen LogP contribution in [0.4, 0.5) is 5.69 Å². The van der Waals surface area contributed by atoms with Crippen LogP contribution in [0.3, 0.4) is 0 Å². The van der Waals surface area contributed by atoms with Gasteiger partial charge in [0, 0.05) is 24.0 Å². The second kappa shape index (κ2) is 9.07. The Kier molecular flexibility index (Phi) is 6.80. The van der Waals surface area contributed by atoms with Crippen molar-refractivity contribution in [3.63, 3.8) is 0 Å². The summed E-state index contributed by atoms with van der Waals surface area (Å²) >= 11 is 0. The van der Waals surface area contributed by atoms with Crippen LogP contribution < -0.4 is 4.90 Å². The quantitative estimate of drug-likeness (QED) is 0.593. The second-order valence-corrected chi connectivity index (χ2v) is 6.53. The summed E-state index contributed by atoms with van der Waals surface area (Å²) in [5, 5.41) is 0. The number of hydrogen-bond donors (Lipinski definition) is 0. The number of Topliss-reactive ketones (excluding diaryl/α,β-unsaturated/α-hetero) is 1. The number of anilines is 1. The van der Waals surface area contributed by atoms with Gasteiger partial charge in [0.15, 0.2) is 5.78 Å². The van der Waals surface area contributed by atoms with Crippen LogP contribution in [0.1, 0.15) is 39.2 Å². The minimum atomic E-state index is 0.0889. The highest BCUT2D eigenvalue weighted by molar-refractivity contribution is 6.19. The van der Waals surface area contributed by atoms with E-state index in [2.05, 4.69) is 30.9 Å². The maximum absolute atomic E-state index is 12.2. The first-order valence-electron chi connectivity index (χ1n) is 8.68. The zero-order valence-electron chi connectivity index (χ0n) is 14.9. The van der Waals surface area contributed by atoms with Crippen LogP contribution in [0.25, 0.3) is 5.57 Å². The van der Waals surface area contributed by atoms with E-state index in [1.807, 2.05) is 54.7 Å². The third-order valence-electron chi connectivity index (χ3n) is 4.02. The van der Waals surface area contributed by atoms with Crippen molar-refractivity contribution in [3.05, 3.63) is 72.4 Å². The van der Waals surface area contributed by atoms with Gasteiger partial charge >= 0.3 is 0 Å². The summed E-state index contributed by atoms with van der Waals surface area (Å²) in [6.07, 6.45) is 4.29. The van der Waals surface area contributed by atoms with Gasteiger partial charge in [-0.2, -0.15) is 0 Å².